The van der Waals surface area contributed by atoms with E-state index in [0.29, 0.717) is 12.4 Å². The van der Waals surface area contributed by atoms with Gasteiger partial charge in [-0.05, 0) is 48.7 Å². The zero-order chi connectivity index (χ0) is 20.3. The van der Waals surface area contributed by atoms with Crippen LogP contribution in [0.3, 0.4) is 0 Å². The summed E-state index contributed by atoms with van der Waals surface area (Å²) in [5, 5.41) is 15.8. The number of amides is 1. The molecule has 2 aromatic heterocycles. The molecule has 1 aromatic carbocycles. The number of anilines is 1. The zero-order valence-corrected chi connectivity index (χ0v) is 16.4. The van der Waals surface area contributed by atoms with Gasteiger partial charge in [-0.15, -0.1) is 10.2 Å². The fraction of sp³-hybridized carbons (Fsp3) is 0.333. The molecule has 0 bridgehead atoms. The molecule has 1 N–H and O–H groups in total. The molecule has 0 aliphatic carbocycles. The maximum Gasteiger partial charge on any atom is 0.231 e. The van der Waals surface area contributed by atoms with Crippen molar-refractivity contribution in [2.75, 3.05) is 24.8 Å². The van der Waals surface area contributed by atoms with Gasteiger partial charge in [-0.2, -0.15) is 5.10 Å². The summed E-state index contributed by atoms with van der Waals surface area (Å²) >= 11 is 0. The number of nitrogens with zero attached hydrogens (tertiary/aromatic N) is 5. The Morgan fingerprint density at radius 2 is 1.87 bits per heavy atom. The van der Waals surface area contributed by atoms with Gasteiger partial charge in [0.05, 0.1) is 0 Å². The SMILES string of the molecule is O=C(NCc1ccc2c(c1)OCO2)C1CCN(c2ccc(-n3cccn3)nn2)CC1. The van der Waals surface area contributed by atoms with Crippen LogP contribution in [0.15, 0.2) is 48.8 Å². The van der Waals surface area contributed by atoms with Gasteiger partial charge in [0.25, 0.3) is 0 Å². The summed E-state index contributed by atoms with van der Waals surface area (Å²) in [4.78, 5) is 14.8. The minimum Gasteiger partial charge on any atom is -0.454 e. The van der Waals surface area contributed by atoms with E-state index in [1.54, 1.807) is 10.9 Å². The van der Waals surface area contributed by atoms with E-state index in [-0.39, 0.29) is 18.6 Å². The van der Waals surface area contributed by atoms with Crippen LogP contribution >= 0.6 is 0 Å². The fourth-order valence-corrected chi connectivity index (χ4v) is 3.77. The summed E-state index contributed by atoms with van der Waals surface area (Å²) in [5.41, 5.74) is 0.998. The predicted octanol–water partition coefficient (Wildman–Crippen LogP) is 1.92. The third kappa shape index (κ3) is 3.78. The van der Waals surface area contributed by atoms with Gasteiger partial charge in [0, 0.05) is 37.9 Å². The Bertz CT molecular complexity index is 1010. The molecule has 1 saturated heterocycles. The molecule has 0 spiro atoms. The van der Waals surface area contributed by atoms with Crippen molar-refractivity contribution in [3.05, 3.63) is 54.4 Å². The molecule has 154 valence electrons. The molecule has 3 aromatic rings. The zero-order valence-electron chi connectivity index (χ0n) is 16.4. The second-order valence-electron chi connectivity index (χ2n) is 7.37. The van der Waals surface area contributed by atoms with Gasteiger partial charge in [-0.3, -0.25) is 4.79 Å². The molecule has 9 heteroatoms. The Labute approximate surface area is 173 Å². The van der Waals surface area contributed by atoms with Crippen LogP contribution in [0.1, 0.15) is 18.4 Å². The average Bonchev–Trinajstić information content (AvgIpc) is 3.49. The summed E-state index contributed by atoms with van der Waals surface area (Å²) in [6.07, 6.45) is 5.11. The van der Waals surface area contributed by atoms with Crippen molar-refractivity contribution in [3.8, 4) is 17.3 Å². The van der Waals surface area contributed by atoms with Crippen molar-refractivity contribution < 1.29 is 14.3 Å². The lowest BCUT2D eigenvalue weighted by Crippen LogP contribution is -2.40. The van der Waals surface area contributed by atoms with Crippen LogP contribution in [0.4, 0.5) is 5.82 Å². The summed E-state index contributed by atoms with van der Waals surface area (Å²) in [6.45, 7) is 2.28. The largest absolute Gasteiger partial charge is 0.454 e. The van der Waals surface area contributed by atoms with Crippen LogP contribution in [-0.4, -0.2) is 45.8 Å². The van der Waals surface area contributed by atoms with E-state index in [4.69, 9.17) is 9.47 Å². The molecule has 1 fully saturated rings. The molecule has 5 rings (SSSR count). The summed E-state index contributed by atoms with van der Waals surface area (Å²) in [5.74, 6) is 3.08. The molecule has 1 amide bonds. The monoisotopic (exact) mass is 406 g/mol. The number of ether oxygens (including phenoxy) is 2. The molecular formula is C21H22N6O3. The van der Waals surface area contributed by atoms with Crippen molar-refractivity contribution in [1.82, 2.24) is 25.3 Å². The highest BCUT2D eigenvalue weighted by atomic mass is 16.7. The number of nitrogens with one attached hydrogen (secondary N) is 1. The smallest absolute Gasteiger partial charge is 0.231 e. The van der Waals surface area contributed by atoms with Gasteiger partial charge in [0.15, 0.2) is 23.1 Å². The van der Waals surface area contributed by atoms with E-state index in [0.717, 1.165) is 48.8 Å². The van der Waals surface area contributed by atoms with E-state index >= 15 is 0 Å². The highest BCUT2D eigenvalue weighted by Crippen LogP contribution is 2.32. The summed E-state index contributed by atoms with van der Waals surface area (Å²) in [6, 6.07) is 11.4. The lowest BCUT2D eigenvalue weighted by atomic mass is 9.96. The van der Waals surface area contributed by atoms with Gasteiger partial charge < -0.3 is 19.7 Å². The second-order valence-corrected chi connectivity index (χ2v) is 7.37. The van der Waals surface area contributed by atoms with Gasteiger partial charge in [0.1, 0.15) is 0 Å². The lowest BCUT2D eigenvalue weighted by Gasteiger charge is -2.31. The molecule has 0 radical (unpaired) electrons. The molecule has 0 atom stereocenters. The molecule has 0 saturated carbocycles. The van der Waals surface area contributed by atoms with Gasteiger partial charge >= 0.3 is 0 Å². The first-order valence-corrected chi connectivity index (χ1v) is 10.0. The number of benzene rings is 1. The van der Waals surface area contributed by atoms with E-state index in [1.807, 2.05) is 42.6 Å². The van der Waals surface area contributed by atoms with Crippen LogP contribution in [0.5, 0.6) is 11.5 Å². The Balaban J connectivity index is 1.12. The third-order valence-corrected chi connectivity index (χ3v) is 5.47. The molecule has 2 aliphatic heterocycles. The Kier molecular flexibility index (Phi) is 4.92. The van der Waals surface area contributed by atoms with Crippen molar-refractivity contribution in [2.24, 2.45) is 5.92 Å². The number of hydrogen-bond acceptors (Lipinski definition) is 7. The van der Waals surface area contributed by atoms with E-state index in [2.05, 4.69) is 25.5 Å². The molecular weight excluding hydrogens is 384 g/mol. The van der Waals surface area contributed by atoms with Crippen molar-refractivity contribution in [3.63, 3.8) is 0 Å². The number of fused-ring (bicyclic) bond motifs is 1. The van der Waals surface area contributed by atoms with Crippen molar-refractivity contribution >= 4 is 11.7 Å². The van der Waals surface area contributed by atoms with Crippen LogP contribution in [0.2, 0.25) is 0 Å². The summed E-state index contributed by atoms with van der Waals surface area (Å²) < 4.78 is 12.4. The van der Waals surface area contributed by atoms with Gasteiger partial charge in [-0.1, -0.05) is 6.07 Å². The van der Waals surface area contributed by atoms with Gasteiger partial charge in [-0.25, -0.2) is 4.68 Å². The summed E-state index contributed by atoms with van der Waals surface area (Å²) in [7, 11) is 0. The van der Waals surface area contributed by atoms with E-state index in [1.165, 1.54) is 0 Å². The highest BCUT2D eigenvalue weighted by molar-refractivity contribution is 5.79. The number of rotatable bonds is 5. The molecule has 0 unspecified atom stereocenters. The maximum absolute atomic E-state index is 12.6. The number of hydrogen-bond donors (Lipinski definition) is 1. The van der Waals surface area contributed by atoms with Crippen LogP contribution in [0.25, 0.3) is 5.82 Å². The third-order valence-electron chi connectivity index (χ3n) is 5.47. The Morgan fingerprint density at radius 1 is 1.07 bits per heavy atom. The van der Waals surface area contributed by atoms with Crippen molar-refractivity contribution in [1.29, 1.82) is 0 Å². The first-order valence-electron chi connectivity index (χ1n) is 10.0. The van der Waals surface area contributed by atoms with Crippen LogP contribution in [-0.2, 0) is 11.3 Å². The number of aromatic nitrogens is 4. The Morgan fingerprint density at radius 3 is 2.63 bits per heavy atom. The number of piperidine rings is 1. The first kappa shape index (κ1) is 18.4. The number of carbonyl (C=O) groups is 1. The molecule has 4 heterocycles. The second kappa shape index (κ2) is 8.02. The average molecular weight is 406 g/mol. The molecule has 30 heavy (non-hydrogen) atoms. The number of carbonyl (C=O) groups excluding carboxylic acids is 1. The van der Waals surface area contributed by atoms with Crippen LogP contribution in [0, 0.1) is 5.92 Å². The first-order chi connectivity index (χ1) is 14.8. The quantitative estimate of drug-likeness (QED) is 0.692. The minimum absolute atomic E-state index is 0.00608. The van der Waals surface area contributed by atoms with Gasteiger partial charge in [0.2, 0.25) is 12.7 Å². The standard InChI is InChI=1S/C21H22N6O3/c28-21(22-13-15-2-3-17-18(12-15)30-14-29-17)16-6-10-26(11-7-16)19-4-5-20(25-24-19)27-9-1-8-23-27/h1-5,8-9,12,16H,6-7,10-11,13-14H2,(H,22,28). The Hall–Kier alpha value is -3.62. The van der Waals surface area contributed by atoms with E-state index in [9.17, 15) is 4.79 Å². The van der Waals surface area contributed by atoms with E-state index < -0.39 is 0 Å². The minimum atomic E-state index is 0.00608. The lowest BCUT2D eigenvalue weighted by molar-refractivity contribution is -0.125. The van der Waals surface area contributed by atoms with Crippen LogP contribution < -0.4 is 19.7 Å². The predicted molar refractivity (Wildman–Crippen MR) is 109 cm³/mol. The molecule has 9 nitrogen and oxygen atoms in total. The van der Waals surface area contributed by atoms with Crippen molar-refractivity contribution in [2.45, 2.75) is 19.4 Å². The molecule has 2 aliphatic rings. The fourth-order valence-electron chi connectivity index (χ4n) is 3.77. The maximum atomic E-state index is 12.6. The normalized spacial score (nSPS) is 15.9. The highest BCUT2D eigenvalue weighted by Gasteiger charge is 2.26. The topological polar surface area (TPSA) is 94.4 Å².